The van der Waals surface area contributed by atoms with Crippen molar-refractivity contribution in [3.63, 3.8) is 0 Å². The van der Waals surface area contributed by atoms with Gasteiger partial charge in [0.15, 0.2) is 11.5 Å². The molecule has 53 heavy (non-hydrogen) atoms. The third-order valence-corrected chi connectivity index (χ3v) is 10.1. The Morgan fingerprint density at radius 1 is 0.830 bits per heavy atom. The molecule has 276 valence electrons. The number of pyridine rings is 1. The number of carbonyl (C=O) groups excluding carboxylic acids is 2. The van der Waals surface area contributed by atoms with Gasteiger partial charge in [0.05, 0.1) is 44.6 Å². The maximum Gasteiger partial charge on any atom is 0.246 e. The summed E-state index contributed by atoms with van der Waals surface area (Å²) in [7, 11) is 4.69. The van der Waals surface area contributed by atoms with Gasteiger partial charge in [-0.3, -0.25) is 19.5 Å². The number of aromatic nitrogens is 2. The van der Waals surface area contributed by atoms with Gasteiger partial charge in [0.1, 0.15) is 23.9 Å². The molecule has 0 radical (unpaired) electrons. The number of rotatable bonds is 11. The first-order valence-corrected chi connectivity index (χ1v) is 17.9. The molecule has 0 unspecified atom stereocenters. The number of methoxy groups -OCH3 is 3. The van der Waals surface area contributed by atoms with E-state index in [4.69, 9.17) is 18.9 Å². The third-order valence-electron chi connectivity index (χ3n) is 10.1. The van der Waals surface area contributed by atoms with Gasteiger partial charge in [-0.25, -0.2) is 4.39 Å². The average Bonchev–Trinajstić information content (AvgIpc) is 3.84. The molecule has 0 saturated carbocycles. The number of ether oxygens (including phenoxy) is 4. The van der Waals surface area contributed by atoms with Crippen molar-refractivity contribution in [3.8, 4) is 28.7 Å². The van der Waals surface area contributed by atoms with Crippen molar-refractivity contribution in [1.82, 2.24) is 24.3 Å². The number of halogens is 1. The Bertz CT molecular complexity index is 2170. The lowest BCUT2D eigenvalue weighted by atomic mass is 10.1. The predicted molar refractivity (Wildman–Crippen MR) is 202 cm³/mol. The SMILES string of the molecule is COc1cc(/C=C/C(=O)N2CCN(CC(=O)N3CCCC3)CC2)c(-n2c3cc(OCc4ccc(F)cc4)ccc3c3ccnc(C)c32)c(OC)c1OC. The number of fused-ring (bicyclic) bond motifs is 3. The zero-order valence-electron chi connectivity index (χ0n) is 30.6. The van der Waals surface area contributed by atoms with E-state index in [9.17, 15) is 14.0 Å². The van der Waals surface area contributed by atoms with Crippen LogP contribution in [-0.4, -0.2) is 103 Å². The number of hydrogen-bond donors (Lipinski definition) is 0. The van der Waals surface area contributed by atoms with E-state index in [2.05, 4.69) is 14.5 Å². The molecule has 0 spiro atoms. The van der Waals surface area contributed by atoms with Crippen LogP contribution in [0, 0.1) is 12.7 Å². The maximum absolute atomic E-state index is 13.7. The average molecular weight is 722 g/mol. The van der Waals surface area contributed by atoms with Crippen LogP contribution in [0.25, 0.3) is 33.6 Å². The lowest BCUT2D eigenvalue weighted by Crippen LogP contribution is -2.51. The van der Waals surface area contributed by atoms with Crippen molar-refractivity contribution in [1.29, 1.82) is 0 Å². The van der Waals surface area contributed by atoms with Gasteiger partial charge >= 0.3 is 0 Å². The van der Waals surface area contributed by atoms with E-state index in [1.165, 1.54) is 12.1 Å². The molecule has 11 nitrogen and oxygen atoms in total. The van der Waals surface area contributed by atoms with Gasteiger partial charge in [-0.15, -0.1) is 0 Å². The zero-order chi connectivity index (χ0) is 37.1. The Hall–Kier alpha value is -5.62. The van der Waals surface area contributed by atoms with E-state index in [1.807, 2.05) is 47.1 Å². The molecule has 2 saturated heterocycles. The minimum Gasteiger partial charge on any atom is -0.493 e. The molecule has 2 fully saturated rings. The summed E-state index contributed by atoms with van der Waals surface area (Å²) in [4.78, 5) is 36.9. The molecule has 0 bridgehead atoms. The van der Waals surface area contributed by atoms with E-state index >= 15 is 0 Å². The van der Waals surface area contributed by atoms with Gasteiger partial charge in [0, 0.05) is 73.9 Å². The molecular weight excluding hydrogens is 677 g/mol. The molecule has 2 aromatic heterocycles. The number of amides is 2. The van der Waals surface area contributed by atoms with Gasteiger partial charge in [-0.2, -0.15) is 0 Å². The predicted octanol–water partition coefficient (Wildman–Crippen LogP) is 6.01. The second kappa shape index (κ2) is 15.5. The molecule has 0 atom stereocenters. The Morgan fingerprint density at radius 3 is 2.26 bits per heavy atom. The second-order valence-electron chi connectivity index (χ2n) is 13.3. The molecule has 3 aromatic carbocycles. The monoisotopic (exact) mass is 721 g/mol. The van der Waals surface area contributed by atoms with Gasteiger partial charge in [-0.1, -0.05) is 12.1 Å². The fourth-order valence-corrected chi connectivity index (χ4v) is 7.34. The fourth-order valence-electron chi connectivity index (χ4n) is 7.34. The van der Waals surface area contributed by atoms with Crippen molar-refractivity contribution in [2.24, 2.45) is 0 Å². The largest absolute Gasteiger partial charge is 0.493 e. The normalized spacial score (nSPS) is 15.1. The maximum atomic E-state index is 13.7. The number of hydrogen-bond acceptors (Lipinski definition) is 8. The van der Waals surface area contributed by atoms with Crippen LogP contribution >= 0.6 is 0 Å². The Labute approximate surface area is 308 Å². The van der Waals surface area contributed by atoms with Gasteiger partial charge in [-0.05, 0) is 67.8 Å². The molecule has 5 aromatic rings. The lowest BCUT2D eigenvalue weighted by Gasteiger charge is -2.34. The molecule has 7 rings (SSSR count). The number of nitrogens with zero attached hydrogens (tertiary/aromatic N) is 5. The first-order valence-electron chi connectivity index (χ1n) is 17.9. The number of benzene rings is 3. The highest BCUT2D eigenvalue weighted by Crippen LogP contribution is 2.47. The van der Waals surface area contributed by atoms with Crippen molar-refractivity contribution in [2.75, 3.05) is 67.1 Å². The summed E-state index contributed by atoms with van der Waals surface area (Å²) in [5.41, 5.74) is 4.58. The molecule has 2 amide bonds. The lowest BCUT2D eigenvalue weighted by molar-refractivity contribution is -0.132. The summed E-state index contributed by atoms with van der Waals surface area (Å²) in [5, 5.41) is 1.94. The van der Waals surface area contributed by atoms with E-state index in [-0.39, 0.29) is 24.2 Å². The van der Waals surface area contributed by atoms with Crippen LogP contribution in [0.1, 0.15) is 29.7 Å². The Morgan fingerprint density at radius 2 is 1.57 bits per heavy atom. The van der Waals surface area contributed by atoms with Crippen LogP contribution in [0.2, 0.25) is 0 Å². The van der Waals surface area contributed by atoms with Crippen LogP contribution in [0.3, 0.4) is 0 Å². The summed E-state index contributed by atoms with van der Waals surface area (Å²) in [6, 6.07) is 15.9. The van der Waals surface area contributed by atoms with E-state index < -0.39 is 0 Å². The second-order valence-corrected chi connectivity index (χ2v) is 13.3. The molecule has 4 heterocycles. The van der Waals surface area contributed by atoms with Gasteiger partial charge < -0.3 is 33.3 Å². The standard InChI is InChI=1S/C41H44FN5O6/c1-27-38-33(15-16-43-27)32-13-12-31(53-26-28-7-10-30(42)11-8-28)24-34(32)47(38)39-29(23-35(50-2)40(51-3)41(39)52-4)9-14-36(48)46-21-19-44(20-22-46)25-37(49)45-17-5-6-18-45/h7-16,23-24H,5-6,17-22,25-26H2,1-4H3/b14-9+. The van der Waals surface area contributed by atoms with Crippen LogP contribution in [0.4, 0.5) is 4.39 Å². The molecule has 0 N–H and O–H groups in total. The number of carbonyl (C=O) groups is 2. The zero-order valence-corrected chi connectivity index (χ0v) is 30.6. The summed E-state index contributed by atoms with van der Waals surface area (Å²) < 4.78 is 39.5. The Balaban J connectivity index is 1.26. The topological polar surface area (TPSA) is 98.6 Å². The summed E-state index contributed by atoms with van der Waals surface area (Å²) >= 11 is 0. The van der Waals surface area contributed by atoms with Crippen molar-refractivity contribution in [3.05, 3.63) is 89.5 Å². The smallest absolute Gasteiger partial charge is 0.246 e. The molecule has 12 heteroatoms. The molecular formula is C41H44FN5O6. The Kier molecular flexibility index (Phi) is 10.5. The first kappa shape index (κ1) is 35.8. The number of likely N-dealkylation sites (tertiary alicyclic amines) is 1. The minimum atomic E-state index is -0.303. The van der Waals surface area contributed by atoms with E-state index in [0.29, 0.717) is 67.0 Å². The third kappa shape index (κ3) is 7.23. The first-order chi connectivity index (χ1) is 25.8. The highest BCUT2D eigenvalue weighted by Gasteiger charge is 2.27. The van der Waals surface area contributed by atoms with Crippen LogP contribution in [0.5, 0.6) is 23.0 Å². The highest BCUT2D eigenvalue weighted by molar-refractivity contribution is 6.11. The van der Waals surface area contributed by atoms with E-state index in [0.717, 1.165) is 59.0 Å². The van der Waals surface area contributed by atoms with Gasteiger partial charge in [0.25, 0.3) is 0 Å². The summed E-state index contributed by atoms with van der Waals surface area (Å²) in [6.07, 6.45) is 7.27. The van der Waals surface area contributed by atoms with Crippen LogP contribution in [0.15, 0.2) is 66.9 Å². The molecule has 2 aliphatic heterocycles. The van der Waals surface area contributed by atoms with Crippen molar-refractivity contribution < 1.29 is 32.9 Å². The van der Waals surface area contributed by atoms with Crippen LogP contribution < -0.4 is 18.9 Å². The van der Waals surface area contributed by atoms with E-state index in [1.54, 1.807) is 51.8 Å². The number of aryl methyl sites for hydroxylation is 1. The minimum absolute atomic E-state index is 0.133. The van der Waals surface area contributed by atoms with Crippen LogP contribution in [-0.2, 0) is 16.2 Å². The van der Waals surface area contributed by atoms with Crippen molar-refractivity contribution >= 4 is 39.7 Å². The molecule has 2 aliphatic rings. The fraction of sp³-hybridized carbons (Fsp3) is 0.341. The van der Waals surface area contributed by atoms with Crippen molar-refractivity contribution in [2.45, 2.75) is 26.4 Å². The molecule has 0 aliphatic carbocycles. The summed E-state index contributed by atoms with van der Waals surface area (Å²) in [5.74, 6) is 1.59. The quantitative estimate of drug-likeness (QED) is 0.153. The highest BCUT2D eigenvalue weighted by atomic mass is 19.1. The van der Waals surface area contributed by atoms with Gasteiger partial charge in [0.2, 0.25) is 17.6 Å². The number of piperazine rings is 1. The summed E-state index contributed by atoms with van der Waals surface area (Å²) in [6.45, 7) is 6.58.